The Hall–Kier alpha value is -1.13. The van der Waals surface area contributed by atoms with Crippen LogP contribution in [-0.4, -0.2) is 25.6 Å². The van der Waals surface area contributed by atoms with Crippen LogP contribution in [-0.2, 0) is 0 Å². The van der Waals surface area contributed by atoms with Gasteiger partial charge in [-0.15, -0.1) is 11.6 Å². The molecule has 2 N–H and O–H groups in total. The third kappa shape index (κ3) is 3.79. The summed E-state index contributed by atoms with van der Waals surface area (Å²) in [6.45, 7) is 0.414. The summed E-state index contributed by atoms with van der Waals surface area (Å²) >= 11 is 11.3. The second kappa shape index (κ2) is 6.45. The quantitative estimate of drug-likeness (QED) is 0.820. The van der Waals surface area contributed by atoms with E-state index in [0.717, 1.165) is 0 Å². The molecule has 6 heteroatoms. The molecular weight excluding hydrogens is 251 g/mol. The molecule has 2 amide bonds. The zero-order valence-electron chi connectivity index (χ0n) is 8.72. The number of hydrogen-bond acceptors (Lipinski definition) is 2. The van der Waals surface area contributed by atoms with Crippen molar-refractivity contribution in [3.8, 4) is 5.75 Å². The second-order valence-corrected chi connectivity index (χ2v) is 3.70. The van der Waals surface area contributed by atoms with Gasteiger partial charge in [0.05, 0.1) is 12.1 Å². The third-order valence-corrected chi connectivity index (χ3v) is 2.27. The first-order chi connectivity index (χ1) is 7.67. The molecule has 88 valence electrons. The first-order valence-electron chi connectivity index (χ1n) is 4.61. The van der Waals surface area contributed by atoms with Crippen molar-refractivity contribution in [2.24, 2.45) is 0 Å². The average molecular weight is 263 g/mol. The van der Waals surface area contributed by atoms with E-state index in [1.807, 2.05) is 0 Å². The first kappa shape index (κ1) is 12.9. The van der Waals surface area contributed by atoms with Crippen LogP contribution in [0.1, 0.15) is 0 Å². The van der Waals surface area contributed by atoms with Crippen LogP contribution >= 0.6 is 23.2 Å². The lowest BCUT2D eigenvalue weighted by Crippen LogP contribution is -2.30. The fourth-order valence-electron chi connectivity index (χ4n) is 1.08. The largest absolute Gasteiger partial charge is 0.495 e. The zero-order valence-corrected chi connectivity index (χ0v) is 10.2. The Morgan fingerprint density at radius 3 is 2.81 bits per heavy atom. The van der Waals surface area contributed by atoms with Crippen molar-refractivity contribution in [3.63, 3.8) is 0 Å². The summed E-state index contributed by atoms with van der Waals surface area (Å²) in [5.41, 5.74) is 0.595. The number of urea groups is 1. The van der Waals surface area contributed by atoms with Gasteiger partial charge in [0.1, 0.15) is 5.75 Å². The van der Waals surface area contributed by atoms with Gasteiger partial charge in [-0.1, -0.05) is 11.6 Å². The predicted octanol–water partition coefficient (Wildman–Crippen LogP) is 2.71. The molecule has 0 radical (unpaired) electrons. The molecule has 1 aromatic rings. The van der Waals surface area contributed by atoms with Gasteiger partial charge in [0.25, 0.3) is 0 Å². The van der Waals surface area contributed by atoms with Crippen molar-refractivity contribution in [2.45, 2.75) is 0 Å². The monoisotopic (exact) mass is 262 g/mol. The number of hydrogen-bond donors (Lipinski definition) is 2. The van der Waals surface area contributed by atoms with Crippen molar-refractivity contribution in [3.05, 3.63) is 23.2 Å². The van der Waals surface area contributed by atoms with Gasteiger partial charge in [0.15, 0.2) is 0 Å². The van der Waals surface area contributed by atoms with Crippen LogP contribution in [0.15, 0.2) is 18.2 Å². The van der Waals surface area contributed by atoms with E-state index < -0.39 is 0 Å². The number of alkyl halides is 1. The van der Waals surface area contributed by atoms with Crippen LogP contribution in [0.3, 0.4) is 0 Å². The highest BCUT2D eigenvalue weighted by Gasteiger charge is 2.04. The summed E-state index contributed by atoms with van der Waals surface area (Å²) in [4.78, 5) is 11.3. The van der Waals surface area contributed by atoms with E-state index in [1.54, 1.807) is 18.2 Å². The average Bonchev–Trinajstić information content (AvgIpc) is 2.26. The molecule has 16 heavy (non-hydrogen) atoms. The molecule has 4 nitrogen and oxygen atoms in total. The summed E-state index contributed by atoms with van der Waals surface area (Å²) in [6.07, 6.45) is 0. The van der Waals surface area contributed by atoms with E-state index in [4.69, 9.17) is 27.9 Å². The Kier molecular flexibility index (Phi) is 5.22. The maximum absolute atomic E-state index is 11.3. The predicted molar refractivity (Wildman–Crippen MR) is 65.7 cm³/mol. The Bertz CT molecular complexity index is 372. The molecule has 0 saturated heterocycles. The minimum atomic E-state index is -0.318. The molecule has 0 saturated carbocycles. The number of carbonyl (C=O) groups is 1. The number of amides is 2. The van der Waals surface area contributed by atoms with Crippen LogP contribution in [0.4, 0.5) is 10.5 Å². The summed E-state index contributed by atoms with van der Waals surface area (Å²) in [5, 5.41) is 5.63. The number of methoxy groups -OCH3 is 1. The van der Waals surface area contributed by atoms with Crippen LogP contribution in [0.2, 0.25) is 5.02 Å². The molecule has 0 unspecified atom stereocenters. The fraction of sp³-hybridized carbons (Fsp3) is 0.300. The SMILES string of the molecule is COc1ccc(NC(=O)NCCCl)cc1Cl. The molecule has 1 aromatic carbocycles. The van der Waals surface area contributed by atoms with Crippen molar-refractivity contribution < 1.29 is 9.53 Å². The van der Waals surface area contributed by atoms with E-state index >= 15 is 0 Å². The zero-order chi connectivity index (χ0) is 12.0. The van der Waals surface area contributed by atoms with Crippen LogP contribution < -0.4 is 15.4 Å². The molecule has 0 aromatic heterocycles. The number of rotatable bonds is 4. The highest BCUT2D eigenvalue weighted by molar-refractivity contribution is 6.32. The number of halogens is 2. The number of carbonyl (C=O) groups excluding carboxylic acids is 1. The topological polar surface area (TPSA) is 50.4 Å². The molecule has 0 aliphatic heterocycles. The first-order valence-corrected chi connectivity index (χ1v) is 5.53. The Labute approximate surface area is 104 Å². The molecule has 0 bridgehead atoms. The maximum Gasteiger partial charge on any atom is 0.319 e. The molecule has 0 fully saturated rings. The third-order valence-electron chi connectivity index (χ3n) is 1.79. The standard InChI is InChI=1S/C10H12Cl2N2O2/c1-16-9-3-2-7(6-8(9)12)14-10(15)13-5-4-11/h2-3,6H,4-5H2,1H3,(H2,13,14,15). The van der Waals surface area contributed by atoms with E-state index in [2.05, 4.69) is 10.6 Å². The number of benzene rings is 1. The number of nitrogens with one attached hydrogen (secondary N) is 2. The minimum Gasteiger partial charge on any atom is -0.495 e. The van der Waals surface area contributed by atoms with E-state index in [0.29, 0.717) is 28.9 Å². The molecule has 0 spiro atoms. The van der Waals surface area contributed by atoms with Gasteiger partial charge in [-0.25, -0.2) is 4.79 Å². The van der Waals surface area contributed by atoms with Gasteiger partial charge in [-0.05, 0) is 18.2 Å². The lowest BCUT2D eigenvalue weighted by molar-refractivity contribution is 0.252. The van der Waals surface area contributed by atoms with Crippen molar-refractivity contribution in [2.75, 3.05) is 24.9 Å². The summed E-state index contributed by atoms with van der Waals surface area (Å²) in [5.74, 6) is 0.935. The fourth-order valence-corrected chi connectivity index (χ4v) is 1.43. The highest BCUT2D eigenvalue weighted by atomic mass is 35.5. The molecule has 0 atom stereocenters. The maximum atomic E-state index is 11.3. The Morgan fingerprint density at radius 1 is 1.50 bits per heavy atom. The minimum absolute atomic E-state index is 0.318. The van der Waals surface area contributed by atoms with Crippen molar-refractivity contribution >= 4 is 34.9 Å². The van der Waals surface area contributed by atoms with Crippen molar-refractivity contribution in [1.29, 1.82) is 0 Å². The van der Waals surface area contributed by atoms with Gasteiger partial charge in [-0.3, -0.25) is 0 Å². The van der Waals surface area contributed by atoms with Crippen LogP contribution in [0.5, 0.6) is 5.75 Å². The molecule has 0 aliphatic carbocycles. The smallest absolute Gasteiger partial charge is 0.319 e. The van der Waals surface area contributed by atoms with Crippen LogP contribution in [0, 0.1) is 0 Å². The lowest BCUT2D eigenvalue weighted by Gasteiger charge is -2.08. The van der Waals surface area contributed by atoms with Gasteiger partial charge < -0.3 is 15.4 Å². The summed E-state index contributed by atoms with van der Waals surface area (Å²) < 4.78 is 4.99. The van der Waals surface area contributed by atoms with E-state index in [1.165, 1.54) is 7.11 Å². The normalized spacial score (nSPS) is 9.69. The van der Waals surface area contributed by atoms with Crippen molar-refractivity contribution in [1.82, 2.24) is 5.32 Å². The highest BCUT2D eigenvalue weighted by Crippen LogP contribution is 2.26. The van der Waals surface area contributed by atoms with Gasteiger partial charge in [-0.2, -0.15) is 0 Å². The molecular formula is C10H12Cl2N2O2. The Balaban J connectivity index is 2.61. The lowest BCUT2D eigenvalue weighted by atomic mass is 10.3. The molecule has 0 heterocycles. The molecule has 0 aliphatic rings. The Morgan fingerprint density at radius 2 is 2.25 bits per heavy atom. The van der Waals surface area contributed by atoms with Gasteiger partial charge in [0.2, 0.25) is 0 Å². The van der Waals surface area contributed by atoms with E-state index in [9.17, 15) is 4.79 Å². The van der Waals surface area contributed by atoms with Gasteiger partial charge >= 0.3 is 6.03 Å². The summed E-state index contributed by atoms with van der Waals surface area (Å²) in [6, 6.07) is 4.67. The second-order valence-electron chi connectivity index (χ2n) is 2.92. The number of ether oxygens (including phenoxy) is 1. The van der Waals surface area contributed by atoms with E-state index in [-0.39, 0.29) is 6.03 Å². The summed E-state index contributed by atoms with van der Waals surface area (Å²) in [7, 11) is 1.53. The van der Waals surface area contributed by atoms with Crippen LogP contribution in [0.25, 0.3) is 0 Å². The molecule has 1 rings (SSSR count). The van der Waals surface area contributed by atoms with Gasteiger partial charge in [0, 0.05) is 18.1 Å². The number of anilines is 1.